The summed E-state index contributed by atoms with van der Waals surface area (Å²) < 4.78 is 128. The highest BCUT2D eigenvalue weighted by Crippen LogP contribution is 2.49. The van der Waals surface area contributed by atoms with Gasteiger partial charge in [0.1, 0.15) is 0 Å². The molecule has 40 heavy (non-hydrogen) atoms. The number of fused-ring (bicyclic) bond motifs is 1. The Morgan fingerprint density at radius 1 is 0.950 bits per heavy atom. The number of halogens is 9. The molecular formula is C27H27F9N2O2. The van der Waals surface area contributed by atoms with E-state index >= 15 is 0 Å². The molecule has 0 unspecified atom stereocenters. The number of hydrogen-bond acceptors (Lipinski definition) is 3. The van der Waals surface area contributed by atoms with Gasteiger partial charge in [-0.3, -0.25) is 4.90 Å². The van der Waals surface area contributed by atoms with Gasteiger partial charge >= 0.3 is 24.6 Å². The molecule has 0 fully saturated rings. The minimum Gasteiger partial charge on any atom is -0.449 e. The summed E-state index contributed by atoms with van der Waals surface area (Å²) in [6.45, 7) is 3.32. The Balaban J connectivity index is 2.33. The van der Waals surface area contributed by atoms with Crippen molar-refractivity contribution >= 4 is 18.0 Å². The lowest BCUT2D eigenvalue weighted by molar-refractivity contribution is -0.143. The molecule has 0 N–H and O–H groups in total. The first-order valence-corrected chi connectivity index (χ1v) is 12.4. The van der Waals surface area contributed by atoms with Crippen LogP contribution in [0.25, 0.3) is 0 Å². The summed E-state index contributed by atoms with van der Waals surface area (Å²) in [5.41, 5.74) is -4.62. The fraction of sp³-hybridized carbons (Fsp3) is 0.481. The molecule has 0 aliphatic carbocycles. The standard InChI is InChI=1S/C27H27F9N2O2/c1-4-6-19-13-20(21-12-16(25(28,29)30)7-8-23(21)38(19)24(39)40-5-2)22(14-37-3)15-9-17(26(31,32)33)11-18(10-15)27(34,35)36/h7-12,14,19-20,22H,4-6,13H2,1-3H3/t19-,20+,22-/m1/s1. The van der Waals surface area contributed by atoms with Crippen molar-refractivity contribution in [3.8, 4) is 0 Å². The summed E-state index contributed by atoms with van der Waals surface area (Å²) in [5, 5.41) is 0. The topological polar surface area (TPSA) is 41.9 Å². The van der Waals surface area contributed by atoms with Crippen molar-refractivity contribution in [2.45, 2.75) is 69.5 Å². The lowest BCUT2D eigenvalue weighted by Crippen LogP contribution is -2.46. The second kappa shape index (κ2) is 11.7. The Bertz CT molecular complexity index is 1200. The van der Waals surface area contributed by atoms with Crippen LogP contribution in [0, 0.1) is 0 Å². The zero-order valence-electron chi connectivity index (χ0n) is 21.7. The van der Waals surface area contributed by atoms with E-state index in [0.29, 0.717) is 25.0 Å². The average molecular weight is 583 g/mol. The molecule has 3 rings (SSSR count). The van der Waals surface area contributed by atoms with Crippen molar-refractivity contribution in [3.63, 3.8) is 0 Å². The van der Waals surface area contributed by atoms with E-state index in [2.05, 4.69) is 4.99 Å². The van der Waals surface area contributed by atoms with Crippen LogP contribution in [0.5, 0.6) is 0 Å². The molecule has 0 radical (unpaired) electrons. The predicted molar refractivity (Wildman–Crippen MR) is 131 cm³/mol. The molecule has 2 aromatic carbocycles. The normalized spacial score (nSPS) is 19.1. The SMILES string of the molecule is CCC[C@@H]1C[C@H]([C@H](C=NC)c2cc(C(F)(F)F)cc(C(F)(F)F)c2)c2cc(C(F)(F)F)ccc2N1C(=O)OCC. The number of alkyl halides is 9. The molecule has 2 aromatic rings. The fourth-order valence-corrected chi connectivity index (χ4v) is 5.08. The minimum absolute atomic E-state index is 0.0113. The molecule has 1 aliphatic heterocycles. The van der Waals surface area contributed by atoms with Crippen LogP contribution < -0.4 is 4.90 Å². The molecule has 0 saturated heterocycles. The largest absolute Gasteiger partial charge is 0.449 e. The Hall–Kier alpha value is -3.25. The first-order valence-electron chi connectivity index (χ1n) is 12.4. The number of carbonyl (C=O) groups is 1. The van der Waals surface area contributed by atoms with Crippen LogP contribution >= 0.6 is 0 Å². The number of aliphatic imine (C=N–C) groups is 1. The summed E-state index contributed by atoms with van der Waals surface area (Å²) >= 11 is 0. The number of amides is 1. The summed E-state index contributed by atoms with van der Waals surface area (Å²) in [6.07, 6.45) is -13.9. The third-order valence-corrected chi connectivity index (χ3v) is 6.73. The molecule has 4 nitrogen and oxygen atoms in total. The summed E-state index contributed by atoms with van der Waals surface area (Å²) in [7, 11) is 1.26. The van der Waals surface area contributed by atoms with E-state index in [1.165, 1.54) is 11.9 Å². The Morgan fingerprint density at radius 3 is 2.00 bits per heavy atom. The molecule has 13 heteroatoms. The van der Waals surface area contributed by atoms with Crippen molar-refractivity contribution in [1.29, 1.82) is 0 Å². The first-order chi connectivity index (χ1) is 18.5. The van der Waals surface area contributed by atoms with Gasteiger partial charge in [0.15, 0.2) is 0 Å². The number of hydrogen-bond donors (Lipinski definition) is 0. The molecular weight excluding hydrogens is 555 g/mol. The molecule has 0 spiro atoms. The lowest BCUT2D eigenvalue weighted by Gasteiger charge is -2.42. The fourth-order valence-electron chi connectivity index (χ4n) is 5.08. The molecule has 0 saturated carbocycles. The number of nitrogens with zero attached hydrogens (tertiary/aromatic N) is 2. The smallest absolute Gasteiger partial charge is 0.416 e. The van der Waals surface area contributed by atoms with Gasteiger partial charge in [-0.1, -0.05) is 13.3 Å². The summed E-state index contributed by atoms with van der Waals surface area (Å²) in [4.78, 5) is 18.0. The predicted octanol–water partition coefficient (Wildman–Crippen LogP) is 8.85. The number of anilines is 1. The maximum atomic E-state index is 13.7. The van der Waals surface area contributed by atoms with E-state index < -0.39 is 64.8 Å². The van der Waals surface area contributed by atoms with Crippen LogP contribution in [0.1, 0.15) is 72.8 Å². The zero-order chi connectivity index (χ0) is 30.0. The van der Waals surface area contributed by atoms with E-state index in [1.807, 2.05) is 0 Å². The van der Waals surface area contributed by atoms with Gasteiger partial charge in [-0.05, 0) is 73.2 Å². The van der Waals surface area contributed by atoms with Crippen molar-refractivity contribution in [3.05, 3.63) is 64.2 Å². The number of rotatable bonds is 6. The first kappa shape index (κ1) is 31.3. The highest BCUT2D eigenvalue weighted by molar-refractivity contribution is 5.91. The van der Waals surface area contributed by atoms with Crippen molar-refractivity contribution in [2.24, 2.45) is 4.99 Å². The Labute approximate surface area is 224 Å². The molecule has 1 amide bonds. The lowest BCUT2D eigenvalue weighted by atomic mass is 9.73. The highest BCUT2D eigenvalue weighted by atomic mass is 19.4. The molecule has 1 aliphatic rings. The van der Waals surface area contributed by atoms with E-state index in [1.54, 1.807) is 13.8 Å². The van der Waals surface area contributed by atoms with Gasteiger partial charge in [0.25, 0.3) is 0 Å². The van der Waals surface area contributed by atoms with Gasteiger partial charge in [0.05, 0.1) is 29.0 Å². The van der Waals surface area contributed by atoms with Crippen molar-refractivity contribution in [2.75, 3.05) is 18.6 Å². The van der Waals surface area contributed by atoms with Crippen LogP contribution in [-0.2, 0) is 23.3 Å². The maximum absolute atomic E-state index is 13.7. The Kier molecular flexibility index (Phi) is 9.15. The van der Waals surface area contributed by atoms with Gasteiger partial charge in [0.2, 0.25) is 0 Å². The maximum Gasteiger partial charge on any atom is 0.416 e. The van der Waals surface area contributed by atoms with E-state index in [4.69, 9.17) is 4.74 Å². The minimum atomic E-state index is -5.12. The van der Waals surface area contributed by atoms with Gasteiger partial charge in [0, 0.05) is 25.2 Å². The van der Waals surface area contributed by atoms with Crippen LogP contribution in [0.15, 0.2) is 41.4 Å². The third-order valence-electron chi connectivity index (χ3n) is 6.73. The van der Waals surface area contributed by atoms with Gasteiger partial charge in [-0.25, -0.2) is 4.79 Å². The van der Waals surface area contributed by atoms with Gasteiger partial charge in [-0.15, -0.1) is 0 Å². The third kappa shape index (κ3) is 6.72. The Morgan fingerprint density at radius 2 is 1.52 bits per heavy atom. The zero-order valence-corrected chi connectivity index (χ0v) is 21.7. The number of ether oxygens (including phenoxy) is 1. The second-order valence-corrected chi connectivity index (χ2v) is 9.40. The van der Waals surface area contributed by atoms with Gasteiger partial charge < -0.3 is 9.73 Å². The van der Waals surface area contributed by atoms with E-state index in [0.717, 1.165) is 24.4 Å². The second-order valence-electron chi connectivity index (χ2n) is 9.40. The summed E-state index contributed by atoms with van der Waals surface area (Å²) in [6, 6.07) is 3.08. The summed E-state index contributed by atoms with van der Waals surface area (Å²) in [5.74, 6) is -2.33. The van der Waals surface area contributed by atoms with Gasteiger partial charge in [-0.2, -0.15) is 39.5 Å². The number of carbonyl (C=O) groups excluding carboxylic acids is 1. The quantitative estimate of drug-likeness (QED) is 0.252. The average Bonchev–Trinajstić information content (AvgIpc) is 2.85. The van der Waals surface area contributed by atoms with Crippen molar-refractivity contribution < 1.29 is 49.0 Å². The van der Waals surface area contributed by atoms with Crippen LogP contribution in [0.4, 0.5) is 50.0 Å². The van der Waals surface area contributed by atoms with Crippen molar-refractivity contribution in [1.82, 2.24) is 0 Å². The van der Waals surface area contributed by atoms with Crippen LogP contribution in [-0.4, -0.2) is 32.0 Å². The van der Waals surface area contributed by atoms with E-state index in [-0.39, 0.29) is 30.3 Å². The van der Waals surface area contributed by atoms with Crippen LogP contribution in [0.2, 0.25) is 0 Å². The monoisotopic (exact) mass is 582 g/mol. The molecule has 3 atom stereocenters. The number of benzene rings is 2. The van der Waals surface area contributed by atoms with E-state index in [9.17, 15) is 44.3 Å². The molecule has 1 heterocycles. The highest BCUT2D eigenvalue weighted by Gasteiger charge is 2.43. The molecule has 220 valence electrons. The molecule has 0 aromatic heterocycles. The van der Waals surface area contributed by atoms with Crippen LogP contribution in [0.3, 0.4) is 0 Å². The molecule has 0 bridgehead atoms.